The lowest BCUT2D eigenvalue weighted by atomic mass is 9.64. The molecule has 132 valence electrons. The third-order valence-corrected chi connectivity index (χ3v) is 4.54. The molecule has 1 aliphatic carbocycles. The molecule has 2 rings (SSSR count). The maximum absolute atomic E-state index is 12.8. The second kappa shape index (κ2) is 7.61. The number of methoxy groups -OCH3 is 1. The zero-order valence-corrected chi connectivity index (χ0v) is 14.5. The number of rotatable bonds is 5. The van der Waals surface area contributed by atoms with Gasteiger partial charge in [0.15, 0.2) is 5.96 Å². The molecule has 1 amide bonds. The van der Waals surface area contributed by atoms with Gasteiger partial charge in [0.1, 0.15) is 5.82 Å². The highest BCUT2D eigenvalue weighted by molar-refractivity contribution is 5.95. The minimum absolute atomic E-state index is 0.00272. The van der Waals surface area contributed by atoms with E-state index in [-0.39, 0.29) is 35.8 Å². The van der Waals surface area contributed by atoms with Crippen molar-refractivity contribution < 1.29 is 13.9 Å². The Kier molecular flexibility index (Phi) is 5.77. The molecule has 0 bridgehead atoms. The molecule has 6 nitrogen and oxygen atoms in total. The minimum atomic E-state index is -0.340. The quantitative estimate of drug-likeness (QED) is 0.566. The normalized spacial score (nSPS) is 22.5. The minimum Gasteiger partial charge on any atom is -0.381 e. The maximum Gasteiger partial charge on any atom is 0.243 e. The Morgan fingerprint density at radius 3 is 2.58 bits per heavy atom. The molecule has 0 spiro atoms. The van der Waals surface area contributed by atoms with Gasteiger partial charge in [0.05, 0.1) is 12.6 Å². The number of aliphatic imine (C=N–C) groups is 1. The fourth-order valence-corrected chi connectivity index (χ4v) is 2.79. The van der Waals surface area contributed by atoms with Crippen LogP contribution in [0.3, 0.4) is 0 Å². The molecule has 0 heterocycles. The third-order valence-electron chi connectivity index (χ3n) is 4.54. The molecule has 1 aromatic carbocycles. The number of hydrogen-bond acceptors (Lipinski definition) is 3. The van der Waals surface area contributed by atoms with Crippen LogP contribution in [0.1, 0.15) is 20.3 Å². The summed E-state index contributed by atoms with van der Waals surface area (Å²) in [6.07, 6.45) is 1.11. The van der Waals surface area contributed by atoms with Crippen molar-refractivity contribution in [1.82, 2.24) is 10.6 Å². The average molecular weight is 336 g/mol. The molecule has 2 atom stereocenters. The van der Waals surface area contributed by atoms with Gasteiger partial charge in [-0.3, -0.25) is 9.79 Å². The van der Waals surface area contributed by atoms with Crippen LogP contribution in [-0.2, 0) is 9.53 Å². The second-order valence-electron chi connectivity index (χ2n) is 6.46. The van der Waals surface area contributed by atoms with Crippen LogP contribution in [0.15, 0.2) is 29.3 Å². The molecule has 0 saturated heterocycles. The van der Waals surface area contributed by atoms with E-state index in [2.05, 4.69) is 34.8 Å². The van der Waals surface area contributed by atoms with Gasteiger partial charge in [0.25, 0.3) is 0 Å². The van der Waals surface area contributed by atoms with Crippen LogP contribution in [0, 0.1) is 11.2 Å². The topological polar surface area (TPSA) is 74.8 Å². The van der Waals surface area contributed by atoms with Crippen LogP contribution >= 0.6 is 0 Å². The number of halogens is 1. The first kappa shape index (κ1) is 18.2. The van der Waals surface area contributed by atoms with Crippen molar-refractivity contribution in [3.8, 4) is 0 Å². The van der Waals surface area contributed by atoms with E-state index in [0.717, 1.165) is 6.42 Å². The molecule has 0 radical (unpaired) electrons. The van der Waals surface area contributed by atoms with Crippen LogP contribution in [0.5, 0.6) is 0 Å². The first-order chi connectivity index (χ1) is 11.4. The summed E-state index contributed by atoms with van der Waals surface area (Å²) in [5, 5.41) is 8.99. The summed E-state index contributed by atoms with van der Waals surface area (Å²) in [6, 6.07) is 5.86. The molecule has 2 unspecified atom stereocenters. The molecule has 1 saturated carbocycles. The lowest BCUT2D eigenvalue weighted by Gasteiger charge is -2.51. The van der Waals surface area contributed by atoms with Gasteiger partial charge in [-0.1, -0.05) is 13.8 Å². The standard InChI is InChI=1S/C17H25FN4O2/c1-17(2)13(9-14(17)24-4)22-16(19-3)20-10-15(23)21-12-7-5-11(18)6-8-12/h5-8,13-14H,9-10H2,1-4H3,(H,21,23)(H2,19,20,22). The number of nitrogens with one attached hydrogen (secondary N) is 3. The van der Waals surface area contributed by atoms with Gasteiger partial charge in [-0.05, 0) is 30.7 Å². The van der Waals surface area contributed by atoms with Gasteiger partial charge in [-0.15, -0.1) is 0 Å². The third kappa shape index (κ3) is 4.23. The van der Waals surface area contributed by atoms with Crippen LogP contribution in [0.4, 0.5) is 10.1 Å². The predicted octanol–water partition coefficient (Wildman–Crippen LogP) is 1.74. The highest BCUT2D eigenvalue weighted by Gasteiger charge is 2.48. The van der Waals surface area contributed by atoms with E-state index in [4.69, 9.17) is 4.74 Å². The van der Waals surface area contributed by atoms with Gasteiger partial charge < -0.3 is 20.7 Å². The van der Waals surface area contributed by atoms with Crippen molar-refractivity contribution in [3.05, 3.63) is 30.1 Å². The van der Waals surface area contributed by atoms with E-state index in [1.807, 2.05) is 0 Å². The summed E-state index contributed by atoms with van der Waals surface area (Å²) in [5.74, 6) is -0.00252. The first-order valence-electron chi connectivity index (χ1n) is 7.92. The van der Waals surface area contributed by atoms with Crippen molar-refractivity contribution in [1.29, 1.82) is 0 Å². The molecule has 0 aromatic heterocycles. The van der Waals surface area contributed by atoms with Crippen LogP contribution < -0.4 is 16.0 Å². The number of hydrogen-bond donors (Lipinski definition) is 3. The van der Waals surface area contributed by atoms with E-state index in [9.17, 15) is 9.18 Å². The Bertz CT molecular complexity index is 601. The van der Waals surface area contributed by atoms with Gasteiger partial charge in [0, 0.05) is 31.3 Å². The molecule has 7 heteroatoms. The van der Waals surface area contributed by atoms with Crippen LogP contribution in [-0.4, -0.2) is 44.7 Å². The Balaban J connectivity index is 1.79. The summed E-state index contributed by atoms with van der Waals surface area (Å²) in [7, 11) is 3.38. The highest BCUT2D eigenvalue weighted by atomic mass is 19.1. The Morgan fingerprint density at radius 1 is 1.38 bits per heavy atom. The van der Waals surface area contributed by atoms with Crippen molar-refractivity contribution in [3.63, 3.8) is 0 Å². The van der Waals surface area contributed by atoms with Crippen molar-refractivity contribution >= 4 is 17.6 Å². The van der Waals surface area contributed by atoms with E-state index < -0.39 is 0 Å². The zero-order chi connectivity index (χ0) is 17.7. The van der Waals surface area contributed by atoms with Crippen LogP contribution in [0.25, 0.3) is 0 Å². The average Bonchev–Trinajstić information content (AvgIpc) is 2.55. The van der Waals surface area contributed by atoms with E-state index >= 15 is 0 Å². The maximum atomic E-state index is 12.8. The Labute approximate surface area is 141 Å². The molecule has 1 aliphatic rings. The monoisotopic (exact) mass is 336 g/mol. The number of ether oxygens (including phenoxy) is 1. The summed E-state index contributed by atoms with van der Waals surface area (Å²) in [5.41, 5.74) is 0.553. The highest BCUT2D eigenvalue weighted by Crippen LogP contribution is 2.42. The number of amides is 1. The van der Waals surface area contributed by atoms with Crippen molar-refractivity contribution in [2.24, 2.45) is 10.4 Å². The fourth-order valence-electron chi connectivity index (χ4n) is 2.79. The largest absolute Gasteiger partial charge is 0.381 e. The molecule has 3 N–H and O–H groups in total. The number of nitrogens with zero attached hydrogens (tertiary/aromatic N) is 1. The number of carbonyl (C=O) groups is 1. The first-order valence-corrected chi connectivity index (χ1v) is 7.92. The van der Waals surface area contributed by atoms with Crippen LogP contribution in [0.2, 0.25) is 0 Å². The molecule has 1 aromatic rings. The predicted molar refractivity (Wildman–Crippen MR) is 92.5 cm³/mol. The van der Waals surface area contributed by atoms with Crippen molar-refractivity contribution in [2.75, 3.05) is 26.0 Å². The lowest BCUT2D eigenvalue weighted by molar-refractivity contribution is -0.115. The van der Waals surface area contributed by atoms with Gasteiger partial charge in [-0.2, -0.15) is 0 Å². The van der Waals surface area contributed by atoms with E-state index in [0.29, 0.717) is 11.6 Å². The number of anilines is 1. The number of benzene rings is 1. The summed E-state index contributed by atoms with van der Waals surface area (Å²) >= 11 is 0. The number of guanidine groups is 1. The molecule has 0 aliphatic heterocycles. The fraction of sp³-hybridized carbons (Fsp3) is 0.529. The molecule has 24 heavy (non-hydrogen) atoms. The van der Waals surface area contributed by atoms with Gasteiger partial charge >= 0.3 is 0 Å². The summed E-state index contributed by atoms with van der Waals surface area (Å²) < 4.78 is 18.3. The smallest absolute Gasteiger partial charge is 0.243 e. The molecule has 1 fully saturated rings. The summed E-state index contributed by atoms with van der Waals surface area (Å²) in [4.78, 5) is 16.1. The summed E-state index contributed by atoms with van der Waals surface area (Å²) in [6.45, 7) is 4.34. The SMILES string of the molecule is CN=C(NCC(=O)Nc1ccc(F)cc1)NC1CC(OC)C1(C)C. The molecular weight excluding hydrogens is 311 g/mol. The van der Waals surface area contributed by atoms with Gasteiger partial charge in [-0.25, -0.2) is 4.39 Å². The van der Waals surface area contributed by atoms with Crippen molar-refractivity contribution in [2.45, 2.75) is 32.4 Å². The second-order valence-corrected chi connectivity index (χ2v) is 6.46. The molecular formula is C17H25FN4O2. The van der Waals surface area contributed by atoms with E-state index in [1.54, 1.807) is 14.2 Å². The zero-order valence-electron chi connectivity index (χ0n) is 14.5. The lowest BCUT2D eigenvalue weighted by Crippen LogP contribution is -2.63. The Hall–Kier alpha value is -2.15. The number of carbonyl (C=O) groups excluding carboxylic acids is 1. The Morgan fingerprint density at radius 2 is 2.04 bits per heavy atom. The van der Waals surface area contributed by atoms with E-state index in [1.165, 1.54) is 24.3 Å². The van der Waals surface area contributed by atoms with Gasteiger partial charge in [0.2, 0.25) is 5.91 Å².